The summed E-state index contributed by atoms with van der Waals surface area (Å²) in [5.41, 5.74) is 8.15. The maximum atomic E-state index is 9.76. The molecule has 0 aromatic rings. The second kappa shape index (κ2) is 3.33. The van der Waals surface area contributed by atoms with Crippen molar-refractivity contribution in [3.63, 3.8) is 0 Å². The molecule has 1 aliphatic carbocycles. The van der Waals surface area contributed by atoms with Gasteiger partial charge >= 0.3 is 0 Å². The van der Waals surface area contributed by atoms with Crippen molar-refractivity contribution in [3.05, 3.63) is 10.4 Å². The molecule has 1 rings (SSSR count). The second-order valence-electron chi connectivity index (χ2n) is 4.10. The molecule has 1 fully saturated rings. The Balaban J connectivity index is 2.72. The van der Waals surface area contributed by atoms with Crippen molar-refractivity contribution in [3.8, 4) is 0 Å². The molecule has 0 spiro atoms. The molecule has 0 aromatic heterocycles. The fourth-order valence-corrected chi connectivity index (χ4v) is 1.78. The number of hydrogen-bond donors (Lipinski definition) is 1. The van der Waals surface area contributed by atoms with Gasteiger partial charge in [0.05, 0.1) is 12.1 Å². The summed E-state index contributed by atoms with van der Waals surface area (Å²) < 4.78 is 0. The fraction of sp³-hybridized carbons (Fsp3) is 1.00. The second-order valence-corrected chi connectivity index (χ2v) is 4.10. The predicted octanol–water partition coefficient (Wildman–Crippen LogP) is 2.24. The molecule has 1 saturated carbocycles. The van der Waals surface area contributed by atoms with Gasteiger partial charge in [0.15, 0.2) is 0 Å². The molecule has 2 atom stereocenters. The monoisotopic (exact) mass is 169 g/mol. The molecule has 0 amide bonds. The van der Waals surface area contributed by atoms with E-state index in [9.17, 15) is 5.11 Å². The number of hydrogen-bond acceptors (Lipinski definition) is 2. The van der Waals surface area contributed by atoms with E-state index in [4.69, 9.17) is 5.53 Å². The maximum Gasteiger partial charge on any atom is 0.0675 e. The number of aliphatic hydroxyl groups is 1. The van der Waals surface area contributed by atoms with Crippen LogP contribution in [0.4, 0.5) is 0 Å². The van der Waals surface area contributed by atoms with E-state index in [1.165, 1.54) is 0 Å². The topological polar surface area (TPSA) is 69.0 Å². The first kappa shape index (κ1) is 9.36. The Morgan fingerprint density at radius 3 is 2.83 bits per heavy atom. The largest absolute Gasteiger partial charge is 0.392 e. The normalized spacial score (nSPS) is 33.9. The maximum absolute atomic E-state index is 9.76. The lowest BCUT2D eigenvalue weighted by molar-refractivity contribution is -0.00195. The van der Waals surface area contributed by atoms with Gasteiger partial charge in [-0.15, -0.1) is 0 Å². The fourth-order valence-electron chi connectivity index (χ4n) is 1.78. The minimum absolute atomic E-state index is 0.100. The van der Waals surface area contributed by atoms with Crippen LogP contribution in [0.2, 0.25) is 0 Å². The van der Waals surface area contributed by atoms with Crippen molar-refractivity contribution < 1.29 is 5.11 Å². The first-order chi connectivity index (χ1) is 5.58. The zero-order chi connectivity index (χ0) is 9.19. The van der Waals surface area contributed by atoms with Crippen LogP contribution in [0.15, 0.2) is 5.11 Å². The van der Waals surface area contributed by atoms with Crippen molar-refractivity contribution >= 4 is 0 Å². The van der Waals surface area contributed by atoms with E-state index < -0.39 is 6.10 Å². The van der Waals surface area contributed by atoms with Crippen LogP contribution in [0.5, 0.6) is 0 Å². The van der Waals surface area contributed by atoms with E-state index in [1.807, 2.05) is 13.8 Å². The Morgan fingerprint density at radius 2 is 2.25 bits per heavy atom. The SMILES string of the molecule is CC1(C)CCCC(N=[N+]=[N-])C1O. The summed E-state index contributed by atoms with van der Waals surface area (Å²) in [7, 11) is 0. The van der Waals surface area contributed by atoms with Gasteiger partial charge < -0.3 is 5.11 Å². The Morgan fingerprint density at radius 1 is 1.58 bits per heavy atom. The van der Waals surface area contributed by atoms with Crippen molar-refractivity contribution in [1.82, 2.24) is 0 Å². The number of nitrogens with zero attached hydrogens (tertiary/aromatic N) is 3. The summed E-state index contributed by atoms with van der Waals surface area (Å²) in [5, 5.41) is 13.4. The Kier molecular flexibility index (Phi) is 2.60. The molecule has 0 radical (unpaired) electrons. The van der Waals surface area contributed by atoms with Crippen LogP contribution >= 0.6 is 0 Å². The van der Waals surface area contributed by atoms with Gasteiger partial charge in [0.1, 0.15) is 0 Å². The molecule has 2 unspecified atom stereocenters. The zero-order valence-corrected chi connectivity index (χ0v) is 7.56. The van der Waals surface area contributed by atoms with Gasteiger partial charge in [0.2, 0.25) is 0 Å². The third-order valence-corrected chi connectivity index (χ3v) is 2.69. The van der Waals surface area contributed by atoms with Crippen LogP contribution in [0.3, 0.4) is 0 Å². The summed E-state index contributed by atoms with van der Waals surface area (Å²) in [4.78, 5) is 2.74. The van der Waals surface area contributed by atoms with Crippen molar-refractivity contribution in [1.29, 1.82) is 0 Å². The van der Waals surface area contributed by atoms with E-state index in [2.05, 4.69) is 10.0 Å². The molecular formula is C8H15N3O. The van der Waals surface area contributed by atoms with Gasteiger partial charge in [0, 0.05) is 4.91 Å². The molecule has 1 aliphatic rings. The van der Waals surface area contributed by atoms with Crippen molar-refractivity contribution in [2.24, 2.45) is 10.5 Å². The van der Waals surface area contributed by atoms with Crippen LogP contribution in [0, 0.1) is 5.41 Å². The molecule has 0 heterocycles. The van der Waals surface area contributed by atoms with Gasteiger partial charge in [-0.05, 0) is 23.8 Å². The minimum atomic E-state index is -0.484. The van der Waals surface area contributed by atoms with Crippen LogP contribution < -0.4 is 0 Å². The molecule has 12 heavy (non-hydrogen) atoms. The highest BCUT2D eigenvalue weighted by atomic mass is 16.3. The molecule has 4 nitrogen and oxygen atoms in total. The zero-order valence-electron chi connectivity index (χ0n) is 7.56. The third-order valence-electron chi connectivity index (χ3n) is 2.69. The lowest BCUT2D eigenvalue weighted by Crippen LogP contribution is -2.42. The molecule has 4 heteroatoms. The average molecular weight is 169 g/mol. The summed E-state index contributed by atoms with van der Waals surface area (Å²) in [6.45, 7) is 4.02. The van der Waals surface area contributed by atoms with Gasteiger partial charge in [-0.3, -0.25) is 0 Å². The molecule has 1 N–H and O–H groups in total. The Hall–Kier alpha value is -0.730. The van der Waals surface area contributed by atoms with E-state index in [0.717, 1.165) is 19.3 Å². The summed E-state index contributed by atoms with van der Waals surface area (Å²) in [6, 6.07) is -0.223. The lowest BCUT2D eigenvalue weighted by Gasteiger charge is -2.38. The first-order valence-corrected chi connectivity index (χ1v) is 4.30. The Bertz CT molecular complexity index is 208. The van der Waals surface area contributed by atoms with Crippen molar-refractivity contribution in [2.45, 2.75) is 45.3 Å². The van der Waals surface area contributed by atoms with E-state index >= 15 is 0 Å². The highest BCUT2D eigenvalue weighted by Gasteiger charge is 2.36. The summed E-state index contributed by atoms with van der Waals surface area (Å²) in [6.07, 6.45) is 2.37. The van der Waals surface area contributed by atoms with Gasteiger partial charge in [-0.2, -0.15) is 0 Å². The molecule has 0 aliphatic heterocycles. The standard InChI is InChI=1S/C8H15N3O/c1-8(2)5-3-4-6(7(8)12)10-11-9/h6-7,12H,3-5H2,1-2H3. The molecule has 0 saturated heterocycles. The van der Waals surface area contributed by atoms with Crippen LogP contribution in [-0.2, 0) is 0 Å². The van der Waals surface area contributed by atoms with E-state index in [0.29, 0.717) is 0 Å². The van der Waals surface area contributed by atoms with Crippen LogP contribution in [0.1, 0.15) is 33.1 Å². The van der Waals surface area contributed by atoms with Crippen LogP contribution in [0.25, 0.3) is 10.4 Å². The summed E-state index contributed by atoms with van der Waals surface area (Å²) >= 11 is 0. The molecule has 0 aromatic carbocycles. The molecule has 0 bridgehead atoms. The van der Waals surface area contributed by atoms with Gasteiger partial charge in [0.25, 0.3) is 0 Å². The number of aliphatic hydroxyl groups excluding tert-OH is 1. The van der Waals surface area contributed by atoms with Gasteiger partial charge in [-0.25, -0.2) is 0 Å². The number of azide groups is 1. The third kappa shape index (κ3) is 1.71. The Labute approximate surface area is 72.2 Å². The minimum Gasteiger partial charge on any atom is -0.392 e. The van der Waals surface area contributed by atoms with Crippen LogP contribution in [-0.4, -0.2) is 17.3 Å². The lowest BCUT2D eigenvalue weighted by atomic mass is 9.73. The van der Waals surface area contributed by atoms with E-state index in [-0.39, 0.29) is 11.5 Å². The molecular weight excluding hydrogens is 154 g/mol. The van der Waals surface area contributed by atoms with E-state index in [1.54, 1.807) is 0 Å². The predicted molar refractivity (Wildman–Crippen MR) is 46.6 cm³/mol. The highest BCUT2D eigenvalue weighted by Crippen LogP contribution is 2.36. The average Bonchev–Trinajstić information content (AvgIpc) is 1.99. The number of rotatable bonds is 1. The van der Waals surface area contributed by atoms with Gasteiger partial charge in [-0.1, -0.05) is 25.4 Å². The van der Waals surface area contributed by atoms with Crippen molar-refractivity contribution in [2.75, 3.05) is 0 Å². The highest BCUT2D eigenvalue weighted by molar-refractivity contribution is 4.92. The smallest absolute Gasteiger partial charge is 0.0675 e. The summed E-state index contributed by atoms with van der Waals surface area (Å²) in [5.74, 6) is 0. The quantitative estimate of drug-likeness (QED) is 0.365. The first-order valence-electron chi connectivity index (χ1n) is 4.30. The molecule has 68 valence electrons.